The molecule has 16 heavy (non-hydrogen) atoms. The van der Waals surface area contributed by atoms with E-state index in [9.17, 15) is 8.42 Å². The molecule has 2 heterocycles. The van der Waals surface area contributed by atoms with Crippen molar-refractivity contribution in [3.8, 4) is 0 Å². The first-order valence-corrected chi connectivity index (χ1v) is 5.94. The van der Waals surface area contributed by atoms with Crippen molar-refractivity contribution in [1.82, 2.24) is 4.98 Å². The molecule has 1 aromatic rings. The number of hydrogen-bond donors (Lipinski definition) is 1. The molecule has 0 fully saturated rings. The van der Waals surface area contributed by atoms with Crippen molar-refractivity contribution >= 4 is 21.5 Å². The zero-order valence-electron chi connectivity index (χ0n) is 8.37. The zero-order chi connectivity index (χ0) is 11.8. The standard InChI is InChI=1S/C9H10N4O2S/c1-2-3-9-12-16(14,15)8-6-11-5-4-7(8)13(9)10/h2,4-6H,1,3,10H2. The highest BCUT2D eigenvalue weighted by Crippen LogP contribution is 2.28. The average Bonchev–Trinajstić information content (AvgIpc) is 2.26. The molecule has 84 valence electrons. The molecule has 0 atom stereocenters. The quantitative estimate of drug-likeness (QED) is 0.596. The Hall–Kier alpha value is -1.73. The Kier molecular flexibility index (Phi) is 2.49. The number of amidine groups is 1. The van der Waals surface area contributed by atoms with E-state index in [0.29, 0.717) is 5.69 Å². The minimum absolute atomic E-state index is 0.0188. The Morgan fingerprint density at radius 3 is 3.00 bits per heavy atom. The first kappa shape index (κ1) is 10.8. The molecule has 0 saturated heterocycles. The molecular formula is C9H10N4O2S. The van der Waals surface area contributed by atoms with Crippen LogP contribution in [-0.4, -0.2) is 19.2 Å². The molecule has 0 unspecified atom stereocenters. The summed E-state index contributed by atoms with van der Waals surface area (Å²) in [5, 5.41) is 1.24. The van der Waals surface area contributed by atoms with E-state index in [1.165, 1.54) is 23.5 Å². The second-order valence-electron chi connectivity index (χ2n) is 3.19. The van der Waals surface area contributed by atoms with Gasteiger partial charge in [0, 0.05) is 18.8 Å². The van der Waals surface area contributed by atoms with Crippen LogP contribution in [0.1, 0.15) is 6.42 Å². The van der Waals surface area contributed by atoms with Crippen LogP contribution in [0.25, 0.3) is 0 Å². The van der Waals surface area contributed by atoms with E-state index in [2.05, 4.69) is 16.0 Å². The second kappa shape index (κ2) is 3.69. The lowest BCUT2D eigenvalue weighted by Gasteiger charge is -2.25. The number of hydrogen-bond acceptors (Lipinski definition) is 5. The number of rotatable bonds is 2. The first-order valence-electron chi connectivity index (χ1n) is 4.50. The van der Waals surface area contributed by atoms with Gasteiger partial charge in [0.2, 0.25) is 0 Å². The van der Waals surface area contributed by atoms with Gasteiger partial charge in [0.15, 0.2) is 0 Å². The molecule has 6 nitrogen and oxygen atoms in total. The van der Waals surface area contributed by atoms with Gasteiger partial charge in [0.05, 0.1) is 5.69 Å². The number of sulfonamides is 1. The molecule has 0 amide bonds. The number of nitrogens with zero attached hydrogens (tertiary/aromatic N) is 3. The van der Waals surface area contributed by atoms with Crippen molar-refractivity contribution in [3.05, 3.63) is 31.1 Å². The average molecular weight is 238 g/mol. The third-order valence-electron chi connectivity index (χ3n) is 2.13. The molecule has 0 spiro atoms. The van der Waals surface area contributed by atoms with Crippen molar-refractivity contribution in [2.75, 3.05) is 5.01 Å². The summed E-state index contributed by atoms with van der Waals surface area (Å²) in [4.78, 5) is 3.77. The lowest BCUT2D eigenvalue weighted by molar-refractivity contribution is 0.596. The maximum Gasteiger partial charge on any atom is 0.287 e. The van der Waals surface area contributed by atoms with Crippen LogP contribution in [0, 0.1) is 0 Å². The highest BCUT2D eigenvalue weighted by molar-refractivity contribution is 7.90. The van der Waals surface area contributed by atoms with Gasteiger partial charge >= 0.3 is 0 Å². The van der Waals surface area contributed by atoms with Crippen LogP contribution >= 0.6 is 0 Å². The lowest BCUT2D eigenvalue weighted by Crippen LogP contribution is -2.41. The van der Waals surface area contributed by atoms with Gasteiger partial charge in [-0.05, 0) is 6.07 Å². The maximum atomic E-state index is 11.8. The van der Waals surface area contributed by atoms with Crippen LogP contribution in [0.15, 0.2) is 40.4 Å². The summed E-state index contributed by atoms with van der Waals surface area (Å²) < 4.78 is 27.1. The molecule has 0 aromatic carbocycles. The van der Waals surface area contributed by atoms with Gasteiger partial charge in [-0.15, -0.1) is 11.0 Å². The number of anilines is 1. The van der Waals surface area contributed by atoms with E-state index in [1.54, 1.807) is 6.08 Å². The van der Waals surface area contributed by atoms with Gasteiger partial charge in [-0.1, -0.05) is 6.08 Å². The molecule has 1 aliphatic heterocycles. The fourth-order valence-electron chi connectivity index (χ4n) is 1.41. The summed E-state index contributed by atoms with van der Waals surface area (Å²) >= 11 is 0. The molecular weight excluding hydrogens is 228 g/mol. The van der Waals surface area contributed by atoms with Gasteiger partial charge in [0.1, 0.15) is 10.7 Å². The van der Waals surface area contributed by atoms with Crippen molar-refractivity contribution in [3.63, 3.8) is 0 Å². The predicted octanol–water partition coefficient (Wildman–Crippen LogP) is 0.439. The van der Waals surface area contributed by atoms with Crippen LogP contribution in [-0.2, 0) is 10.0 Å². The van der Waals surface area contributed by atoms with E-state index in [0.717, 1.165) is 0 Å². The van der Waals surface area contributed by atoms with Crippen LogP contribution in [0.2, 0.25) is 0 Å². The normalized spacial score (nSPS) is 17.6. The van der Waals surface area contributed by atoms with E-state index < -0.39 is 10.0 Å². The number of hydrazine groups is 1. The number of nitrogens with two attached hydrogens (primary N) is 1. The van der Waals surface area contributed by atoms with Crippen molar-refractivity contribution in [2.45, 2.75) is 11.3 Å². The van der Waals surface area contributed by atoms with E-state index >= 15 is 0 Å². The molecule has 1 aromatic heterocycles. The molecule has 2 rings (SSSR count). The highest BCUT2D eigenvalue weighted by atomic mass is 32.2. The summed E-state index contributed by atoms with van der Waals surface area (Å²) in [6, 6.07) is 1.53. The van der Waals surface area contributed by atoms with Gasteiger partial charge < -0.3 is 0 Å². The number of aromatic nitrogens is 1. The SMILES string of the molecule is C=CCC1=NS(=O)(=O)c2cnccc2N1N. The van der Waals surface area contributed by atoms with Gasteiger partial charge in [-0.2, -0.15) is 8.42 Å². The number of pyridine rings is 1. The number of fused-ring (bicyclic) bond motifs is 1. The molecule has 0 bridgehead atoms. The van der Waals surface area contributed by atoms with Crippen LogP contribution < -0.4 is 10.9 Å². The first-order chi connectivity index (χ1) is 7.56. The summed E-state index contributed by atoms with van der Waals surface area (Å²) in [6.45, 7) is 3.52. The Bertz CT molecular complexity index is 565. The Morgan fingerprint density at radius 2 is 2.31 bits per heavy atom. The van der Waals surface area contributed by atoms with Crippen LogP contribution in [0.3, 0.4) is 0 Å². The van der Waals surface area contributed by atoms with Gasteiger partial charge in [-0.25, -0.2) is 5.84 Å². The summed E-state index contributed by atoms with van der Waals surface area (Å²) in [5.74, 6) is 6.00. The molecule has 0 radical (unpaired) electrons. The Balaban J connectivity index is 2.64. The summed E-state index contributed by atoms with van der Waals surface area (Å²) in [7, 11) is -3.69. The maximum absolute atomic E-state index is 11.8. The molecule has 7 heteroatoms. The fourth-order valence-corrected chi connectivity index (χ4v) is 2.57. The zero-order valence-corrected chi connectivity index (χ0v) is 9.18. The van der Waals surface area contributed by atoms with Crippen molar-refractivity contribution in [1.29, 1.82) is 0 Å². The topological polar surface area (TPSA) is 88.7 Å². The third-order valence-corrected chi connectivity index (χ3v) is 3.45. The molecule has 0 saturated carbocycles. The van der Waals surface area contributed by atoms with Crippen LogP contribution in [0.5, 0.6) is 0 Å². The van der Waals surface area contributed by atoms with Gasteiger partial charge in [0.25, 0.3) is 10.0 Å². The Morgan fingerprint density at radius 1 is 1.56 bits per heavy atom. The molecule has 1 aliphatic rings. The van der Waals surface area contributed by atoms with Gasteiger partial charge in [-0.3, -0.25) is 9.99 Å². The van der Waals surface area contributed by atoms with Crippen molar-refractivity contribution in [2.24, 2.45) is 10.2 Å². The smallest absolute Gasteiger partial charge is 0.263 e. The van der Waals surface area contributed by atoms with Crippen molar-refractivity contribution < 1.29 is 8.42 Å². The van der Waals surface area contributed by atoms with E-state index in [-0.39, 0.29) is 17.2 Å². The van der Waals surface area contributed by atoms with Crippen LogP contribution in [0.4, 0.5) is 5.69 Å². The second-order valence-corrected chi connectivity index (χ2v) is 4.76. The summed E-state index contributed by atoms with van der Waals surface area (Å²) in [6.07, 6.45) is 4.54. The van der Waals surface area contributed by atoms with E-state index in [1.807, 2.05) is 0 Å². The highest BCUT2D eigenvalue weighted by Gasteiger charge is 2.28. The fraction of sp³-hybridized carbons (Fsp3) is 0.111. The predicted molar refractivity (Wildman–Crippen MR) is 60.3 cm³/mol. The molecule has 2 N–H and O–H groups in total. The minimum Gasteiger partial charge on any atom is -0.263 e. The largest absolute Gasteiger partial charge is 0.287 e. The minimum atomic E-state index is -3.69. The Labute approximate surface area is 93.1 Å². The third kappa shape index (κ3) is 1.59. The molecule has 0 aliphatic carbocycles. The van der Waals surface area contributed by atoms with E-state index in [4.69, 9.17) is 5.84 Å². The summed E-state index contributed by atoms with van der Waals surface area (Å²) in [5.41, 5.74) is 0.377. The monoisotopic (exact) mass is 238 g/mol. The lowest BCUT2D eigenvalue weighted by atomic mass is 10.3.